The molecule has 3 heterocycles. The van der Waals surface area contributed by atoms with Crippen molar-refractivity contribution >= 4 is 27.3 Å². The van der Waals surface area contributed by atoms with Crippen LogP contribution in [0.1, 0.15) is 34.8 Å². The summed E-state index contributed by atoms with van der Waals surface area (Å²) in [5.41, 5.74) is 0.641. The molecule has 3 aromatic rings. The van der Waals surface area contributed by atoms with E-state index in [1.807, 2.05) is 5.38 Å². The van der Waals surface area contributed by atoms with Crippen LogP contribution < -0.4 is 5.32 Å². The number of benzene rings is 1. The summed E-state index contributed by atoms with van der Waals surface area (Å²) in [7, 11) is -3.47. The molecule has 0 saturated carbocycles. The van der Waals surface area contributed by atoms with E-state index in [2.05, 4.69) is 15.5 Å². The molecule has 1 fully saturated rings. The number of aromatic nitrogens is 2. The summed E-state index contributed by atoms with van der Waals surface area (Å²) in [5, 5.41) is 8.46. The molecule has 1 aliphatic heterocycles. The van der Waals surface area contributed by atoms with Gasteiger partial charge < -0.3 is 9.84 Å². The highest BCUT2D eigenvalue weighted by Crippen LogP contribution is 2.23. The fourth-order valence-corrected chi connectivity index (χ4v) is 5.28. The minimum absolute atomic E-state index is 0.116. The molecule has 1 N–H and O–H groups in total. The van der Waals surface area contributed by atoms with Crippen LogP contribution in [0.2, 0.25) is 0 Å². The number of hydrogen-bond donors (Lipinski definition) is 1. The lowest BCUT2D eigenvalue weighted by molar-refractivity contribution is 0.0950. The van der Waals surface area contributed by atoms with Gasteiger partial charge in [-0.25, -0.2) is 8.42 Å². The molecule has 0 spiro atoms. The largest absolute Gasteiger partial charge is 0.342 e. The van der Waals surface area contributed by atoms with Crippen molar-refractivity contribution in [3.63, 3.8) is 0 Å². The number of rotatable bonds is 6. The number of sulfonamides is 1. The normalized spacial score (nSPS) is 15.3. The number of hydrogen-bond acceptors (Lipinski definition) is 7. The molecule has 0 radical (unpaired) electrons. The van der Waals surface area contributed by atoms with E-state index in [0.29, 0.717) is 29.4 Å². The second-order valence-corrected chi connectivity index (χ2v) is 9.55. The molecule has 8 nitrogen and oxygen atoms in total. The van der Waals surface area contributed by atoms with Crippen molar-refractivity contribution < 1.29 is 17.7 Å². The Morgan fingerprint density at radius 2 is 1.90 bits per heavy atom. The molecule has 0 unspecified atom stereocenters. The van der Waals surface area contributed by atoms with E-state index in [4.69, 9.17) is 4.52 Å². The third-order valence-corrected chi connectivity index (χ3v) is 7.46. The third-order valence-electron chi connectivity index (χ3n) is 4.68. The Bertz CT molecular complexity index is 1070. The van der Waals surface area contributed by atoms with E-state index in [0.717, 1.165) is 19.3 Å². The predicted molar refractivity (Wildman–Crippen MR) is 108 cm³/mol. The number of piperidine rings is 1. The van der Waals surface area contributed by atoms with Crippen molar-refractivity contribution in [2.75, 3.05) is 13.1 Å². The quantitative estimate of drug-likeness (QED) is 0.642. The Balaban J connectivity index is 1.42. The summed E-state index contributed by atoms with van der Waals surface area (Å²) in [6.07, 6.45) is 2.86. The molecular weight excluding hydrogens is 412 g/mol. The molecule has 0 atom stereocenters. The van der Waals surface area contributed by atoms with Crippen LogP contribution >= 0.6 is 11.3 Å². The summed E-state index contributed by atoms with van der Waals surface area (Å²) >= 11 is 1.35. The summed E-state index contributed by atoms with van der Waals surface area (Å²) in [4.78, 5) is 17.1. The van der Waals surface area contributed by atoms with Crippen molar-refractivity contribution in [2.45, 2.75) is 30.7 Å². The van der Waals surface area contributed by atoms with Crippen molar-refractivity contribution in [1.82, 2.24) is 19.8 Å². The van der Waals surface area contributed by atoms with Crippen molar-refractivity contribution in [3.8, 4) is 11.4 Å². The Kier molecular flexibility index (Phi) is 5.74. The Morgan fingerprint density at radius 3 is 2.59 bits per heavy atom. The standard InChI is InChI=1S/C19H20N4O4S2/c24-19(16-5-4-12-28-16)20-13-17-21-18(22-27-17)14-6-8-15(9-7-14)29(25,26)23-10-2-1-3-11-23/h4-9,12H,1-3,10-11,13H2,(H,20,24). The first-order valence-corrected chi connectivity index (χ1v) is 11.6. The highest BCUT2D eigenvalue weighted by molar-refractivity contribution is 7.89. The second-order valence-electron chi connectivity index (χ2n) is 6.66. The first kappa shape index (κ1) is 19.7. The molecular formula is C19H20N4O4S2. The van der Waals surface area contributed by atoms with Crippen molar-refractivity contribution in [2.24, 2.45) is 0 Å². The molecule has 1 saturated heterocycles. The van der Waals surface area contributed by atoms with Crippen LogP contribution in [0, 0.1) is 0 Å². The molecule has 10 heteroatoms. The highest BCUT2D eigenvalue weighted by Gasteiger charge is 2.25. The molecule has 2 aromatic heterocycles. The average Bonchev–Trinajstić information content (AvgIpc) is 3.45. The van der Waals surface area contributed by atoms with Crippen LogP contribution in [0.5, 0.6) is 0 Å². The number of nitrogens with one attached hydrogen (secondary N) is 1. The van der Waals surface area contributed by atoms with Gasteiger partial charge in [0.25, 0.3) is 5.91 Å². The van der Waals surface area contributed by atoms with E-state index in [1.54, 1.807) is 36.4 Å². The smallest absolute Gasteiger partial charge is 0.261 e. The minimum atomic E-state index is -3.47. The summed E-state index contributed by atoms with van der Waals surface area (Å²) in [6, 6.07) is 9.99. The first-order valence-electron chi connectivity index (χ1n) is 9.29. The number of carbonyl (C=O) groups excluding carboxylic acids is 1. The molecule has 1 aromatic carbocycles. The van der Waals surface area contributed by atoms with Gasteiger partial charge in [-0.05, 0) is 48.6 Å². The monoisotopic (exact) mass is 432 g/mol. The molecule has 152 valence electrons. The topological polar surface area (TPSA) is 105 Å². The van der Waals surface area contributed by atoms with E-state index < -0.39 is 10.0 Å². The van der Waals surface area contributed by atoms with Crippen LogP contribution in [0.15, 0.2) is 51.2 Å². The lowest BCUT2D eigenvalue weighted by atomic mass is 10.2. The van der Waals surface area contributed by atoms with Gasteiger partial charge in [-0.1, -0.05) is 17.6 Å². The number of thiophene rings is 1. The molecule has 0 aliphatic carbocycles. The molecule has 1 amide bonds. The summed E-state index contributed by atoms with van der Waals surface area (Å²) in [5.74, 6) is 0.411. The van der Waals surface area contributed by atoms with Gasteiger partial charge in [0.1, 0.15) is 0 Å². The van der Waals surface area contributed by atoms with Gasteiger partial charge in [0.15, 0.2) is 0 Å². The maximum atomic E-state index is 12.7. The molecule has 0 bridgehead atoms. The Hall–Kier alpha value is -2.56. The Morgan fingerprint density at radius 1 is 1.14 bits per heavy atom. The fraction of sp³-hybridized carbons (Fsp3) is 0.316. The zero-order valence-electron chi connectivity index (χ0n) is 15.6. The van der Waals surface area contributed by atoms with Gasteiger partial charge in [-0.2, -0.15) is 9.29 Å². The fourth-order valence-electron chi connectivity index (χ4n) is 3.12. The van der Waals surface area contributed by atoms with E-state index >= 15 is 0 Å². The number of nitrogens with zero attached hydrogens (tertiary/aromatic N) is 3. The van der Waals surface area contributed by atoms with Gasteiger partial charge in [-0.15, -0.1) is 11.3 Å². The molecule has 29 heavy (non-hydrogen) atoms. The SMILES string of the molecule is O=C(NCc1nc(-c2ccc(S(=O)(=O)N3CCCCC3)cc2)no1)c1cccs1. The van der Waals surface area contributed by atoms with Crippen LogP contribution in [-0.4, -0.2) is 41.9 Å². The zero-order valence-corrected chi connectivity index (χ0v) is 17.2. The number of carbonyl (C=O) groups is 1. The maximum Gasteiger partial charge on any atom is 0.261 e. The van der Waals surface area contributed by atoms with E-state index in [-0.39, 0.29) is 23.2 Å². The minimum Gasteiger partial charge on any atom is -0.342 e. The van der Waals surface area contributed by atoms with Crippen LogP contribution in [0.3, 0.4) is 0 Å². The van der Waals surface area contributed by atoms with Crippen molar-refractivity contribution in [3.05, 3.63) is 52.5 Å². The van der Waals surface area contributed by atoms with Gasteiger partial charge >= 0.3 is 0 Å². The lowest BCUT2D eigenvalue weighted by Gasteiger charge is -2.25. The zero-order chi connectivity index (χ0) is 20.3. The predicted octanol–water partition coefficient (Wildman–Crippen LogP) is 2.90. The van der Waals surface area contributed by atoms with Crippen LogP contribution in [0.25, 0.3) is 11.4 Å². The third kappa shape index (κ3) is 4.39. The summed E-state index contributed by atoms with van der Waals surface area (Å²) in [6.45, 7) is 1.25. The average molecular weight is 433 g/mol. The van der Waals surface area contributed by atoms with Gasteiger partial charge in [0.05, 0.1) is 16.3 Å². The maximum absolute atomic E-state index is 12.7. The van der Waals surface area contributed by atoms with Crippen molar-refractivity contribution in [1.29, 1.82) is 0 Å². The number of amides is 1. The van der Waals surface area contributed by atoms with E-state index in [9.17, 15) is 13.2 Å². The molecule has 4 rings (SSSR count). The van der Waals surface area contributed by atoms with Crippen LogP contribution in [-0.2, 0) is 16.6 Å². The lowest BCUT2D eigenvalue weighted by Crippen LogP contribution is -2.35. The van der Waals surface area contributed by atoms with Gasteiger partial charge in [0.2, 0.25) is 21.7 Å². The van der Waals surface area contributed by atoms with E-state index in [1.165, 1.54) is 15.6 Å². The Labute approximate surface area is 172 Å². The highest BCUT2D eigenvalue weighted by atomic mass is 32.2. The molecule has 1 aliphatic rings. The first-order chi connectivity index (χ1) is 14.0. The summed E-state index contributed by atoms with van der Waals surface area (Å²) < 4.78 is 32.2. The second kappa shape index (κ2) is 8.44. The van der Waals surface area contributed by atoms with Crippen LogP contribution in [0.4, 0.5) is 0 Å². The van der Waals surface area contributed by atoms with Gasteiger partial charge in [0, 0.05) is 18.7 Å². The van der Waals surface area contributed by atoms with Gasteiger partial charge in [-0.3, -0.25) is 4.79 Å².